The van der Waals surface area contributed by atoms with Crippen molar-refractivity contribution in [1.29, 1.82) is 0 Å². The molecule has 4 heterocycles. The van der Waals surface area contributed by atoms with E-state index in [2.05, 4.69) is 15.4 Å². The molecule has 0 saturated carbocycles. The summed E-state index contributed by atoms with van der Waals surface area (Å²) in [7, 11) is 0. The number of carbonyl (C=O) groups is 1. The number of carbonyl (C=O) groups excluding carboxylic acids is 1. The molecule has 5 rings (SSSR count). The first-order valence-electron chi connectivity index (χ1n) is 9.51. The molecule has 31 heavy (non-hydrogen) atoms. The van der Waals surface area contributed by atoms with E-state index in [-0.39, 0.29) is 23.8 Å². The monoisotopic (exact) mass is 430 g/mol. The van der Waals surface area contributed by atoms with Gasteiger partial charge in [0.1, 0.15) is 23.1 Å². The van der Waals surface area contributed by atoms with Gasteiger partial charge in [-0.3, -0.25) is 4.90 Å². The maximum atomic E-state index is 14.3. The van der Waals surface area contributed by atoms with Gasteiger partial charge in [0.25, 0.3) is 5.92 Å². The van der Waals surface area contributed by atoms with Crippen molar-refractivity contribution in [3.8, 4) is 0 Å². The highest BCUT2D eigenvalue weighted by Gasteiger charge is 2.46. The van der Waals surface area contributed by atoms with Gasteiger partial charge < -0.3 is 15.3 Å². The van der Waals surface area contributed by atoms with Gasteiger partial charge in [0.05, 0.1) is 25.3 Å². The molecule has 0 aliphatic carbocycles. The van der Waals surface area contributed by atoms with Crippen LogP contribution in [0.25, 0.3) is 5.65 Å². The number of rotatable bonds is 3. The Balaban J connectivity index is 1.48. The Labute approximate surface area is 174 Å². The van der Waals surface area contributed by atoms with Crippen LogP contribution in [-0.4, -0.2) is 49.6 Å². The molecule has 2 aromatic heterocycles. The van der Waals surface area contributed by atoms with Gasteiger partial charge in [-0.05, 0) is 23.8 Å². The lowest BCUT2D eigenvalue weighted by atomic mass is 10.0. The number of alkyl halides is 2. The molecule has 160 valence electrons. The largest absolute Gasteiger partial charge is 0.509 e. The first kappa shape index (κ1) is 19.2. The lowest BCUT2D eigenvalue weighted by Crippen LogP contribution is -2.38. The van der Waals surface area contributed by atoms with E-state index in [4.69, 9.17) is 0 Å². The van der Waals surface area contributed by atoms with Gasteiger partial charge >= 0.3 is 6.03 Å². The molecule has 0 unspecified atom stereocenters. The van der Waals surface area contributed by atoms with Gasteiger partial charge in [-0.25, -0.2) is 27.5 Å². The molecule has 0 spiro atoms. The smallest absolute Gasteiger partial charge is 0.326 e. The zero-order chi connectivity index (χ0) is 21.8. The van der Waals surface area contributed by atoms with Gasteiger partial charge in [-0.1, -0.05) is 12.1 Å². The molecule has 2 N–H and O–H groups in total. The minimum Gasteiger partial charge on any atom is -0.509 e. The third-order valence-electron chi connectivity index (χ3n) is 5.29. The molecule has 0 bridgehead atoms. The molecule has 2 amide bonds. The van der Waals surface area contributed by atoms with Gasteiger partial charge in [-0.2, -0.15) is 5.10 Å². The van der Waals surface area contributed by atoms with Crippen LogP contribution < -0.4 is 10.2 Å². The highest BCUT2D eigenvalue weighted by molar-refractivity contribution is 5.94. The van der Waals surface area contributed by atoms with Gasteiger partial charge in [0.15, 0.2) is 5.65 Å². The molecule has 3 aromatic rings. The third-order valence-corrected chi connectivity index (χ3v) is 5.29. The second-order valence-electron chi connectivity index (χ2n) is 7.55. The van der Waals surface area contributed by atoms with Crippen LogP contribution in [-0.2, 0) is 0 Å². The number of aliphatic hydroxyl groups is 1. The summed E-state index contributed by atoms with van der Waals surface area (Å²) in [6.45, 7) is -0.465. The van der Waals surface area contributed by atoms with Crippen molar-refractivity contribution in [2.75, 3.05) is 23.3 Å². The molecule has 11 heteroatoms. The van der Waals surface area contributed by atoms with Crippen LogP contribution in [0.1, 0.15) is 18.0 Å². The molecule has 1 aromatic carbocycles. The SMILES string of the molecule is O=C(Nc1cnn2ccc(N3CC(F)(F)C[C@@H]3c3cccc(F)c3)nc12)N1C=C(O)C1. The van der Waals surface area contributed by atoms with E-state index in [1.165, 1.54) is 44.9 Å². The number of anilines is 2. The van der Waals surface area contributed by atoms with Crippen molar-refractivity contribution in [1.82, 2.24) is 19.5 Å². The van der Waals surface area contributed by atoms with E-state index in [1.807, 2.05) is 0 Å². The third kappa shape index (κ3) is 3.51. The summed E-state index contributed by atoms with van der Waals surface area (Å²) >= 11 is 0. The van der Waals surface area contributed by atoms with Crippen molar-refractivity contribution >= 4 is 23.2 Å². The highest BCUT2D eigenvalue weighted by Crippen LogP contribution is 2.43. The van der Waals surface area contributed by atoms with Crippen LogP contribution in [0.3, 0.4) is 0 Å². The van der Waals surface area contributed by atoms with Gasteiger partial charge in [-0.15, -0.1) is 0 Å². The topological polar surface area (TPSA) is 86.0 Å². The lowest BCUT2D eigenvalue weighted by Gasteiger charge is -2.26. The normalized spacial score (nSPS) is 20.0. The zero-order valence-corrected chi connectivity index (χ0v) is 16.0. The summed E-state index contributed by atoms with van der Waals surface area (Å²) in [5.41, 5.74) is 0.998. The number of aliphatic hydroxyl groups excluding tert-OH is 1. The second-order valence-corrected chi connectivity index (χ2v) is 7.55. The summed E-state index contributed by atoms with van der Waals surface area (Å²) in [4.78, 5) is 19.4. The number of hydrogen-bond acceptors (Lipinski definition) is 5. The van der Waals surface area contributed by atoms with Crippen molar-refractivity contribution in [3.63, 3.8) is 0 Å². The fourth-order valence-corrected chi connectivity index (χ4v) is 3.82. The molecule has 2 aliphatic heterocycles. The Hall–Kier alpha value is -3.76. The van der Waals surface area contributed by atoms with E-state index >= 15 is 0 Å². The summed E-state index contributed by atoms with van der Waals surface area (Å²) in [5, 5.41) is 16.0. The van der Waals surface area contributed by atoms with Gasteiger partial charge in [0.2, 0.25) is 0 Å². The molecule has 8 nitrogen and oxygen atoms in total. The number of aromatic nitrogens is 3. The van der Waals surface area contributed by atoms with Crippen molar-refractivity contribution in [2.24, 2.45) is 0 Å². The van der Waals surface area contributed by atoms with E-state index in [0.717, 1.165) is 0 Å². The number of fused-ring (bicyclic) bond motifs is 1. The Bertz CT molecular complexity index is 1210. The Morgan fingerprint density at radius 3 is 2.84 bits per heavy atom. The summed E-state index contributed by atoms with van der Waals surface area (Å²) in [6, 6.07) is 5.93. The van der Waals surface area contributed by atoms with E-state index < -0.39 is 36.8 Å². The number of halogens is 3. The first-order chi connectivity index (χ1) is 14.8. The van der Waals surface area contributed by atoms with Crippen LogP contribution >= 0.6 is 0 Å². The number of hydrogen-bond donors (Lipinski definition) is 2. The van der Waals surface area contributed by atoms with Crippen LogP contribution in [0.4, 0.5) is 29.5 Å². The van der Waals surface area contributed by atoms with Crippen LogP contribution in [0.5, 0.6) is 0 Å². The molecule has 1 saturated heterocycles. The highest BCUT2D eigenvalue weighted by atomic mass is 19.3. The Morgan fingerprint density at radius 2 is 2.10 bits per heavy atom. The first-order valence-corrected chi connectivity index (χ1v) is 9.51. The minimum atomic E-state index is -2.96. The molecule has 0 radical (unpaired) electrons. The second kappa shape index (κ2) is 6.89. The number of nitrogens with one attached hydrogen (secondary N) is 1. The number of urea groups is 1. The van der Waals surface area contributed by atoms with Crippen molar-refractivity contribution < 1.29 is 23.1 Å². The fraction of sp³-hybridized carbons (Fsp3) is 0.250. The maximum absolute atomic E-state index is 14.3. The molecule has 2 aliphatic rings. The standard InChI is InChI=1S/C20H17F3N6O2/c21-13-3-1-2-12(6-13)16-7-20(22,23)11-28(16)17-4-5-29-18(26-17)15(8-24-29)25-19(31)27-9-14(30)10-27/h1-6,8-9,16,30H,7,10-11H2,(H,25,31)/t16-/m1/s1. The average Bonchev–Trinajstić information content (AvgIpc) is 3.25. The summed E-state index contributed by atoms with van der Waals surface area (Å²) < 4.78 is 43.8. The molecular weight excluding hydrogens is 413 g/mol. The van der Waals surface area contributed by atoms with Crippen molar-refractivity contribution in [3.05, 3.63) is 66.1 Å². The molecule has 1 fully saturated rings. The fourth-order valence-electron chi connectivity index (χ4n) is 3.82. The number of nitrogens with zero attached hydrogens (tertiary/aromatic N) is 5. The summed E-state index contributed by atoms with van der Waals surface area (Å²) in [6.07, 6.45) is 3.78. The number of amides is 2. The van der Waals surface area contributed by atoms with Crippen LogP contribution in [0, 0.1) is 5.82 Å². The Kier molecular flexibility index (Phi) is 4.27. The molecular formula is C20H17F3N6O2. The number of benzene rings is 1. The average molecular weight is 430 g/mol. The van der Waals surface area contributed by atoms with Crippen LogP contribution in [0.2, 0.25) is 0 Å². The predicted molar refractivity (Wildman–Crippen MR) is 105 cm³/mol. The predicted octanol–water partition coefficient (Wildman–Crippen LogP) is 3.70. The quantitative estimate of drug-likeness (QED) is 0.662. The summed E-state index contributed by atoms with van der Waals surface area (Å²) in [5.74, 6) is -3.11. The van der Waals surface area contributed by atoms with Gasteiger partial charge in [0, 0.05) is 18.8 Å². The minimum absolute atomic E-state index is 0.0915. The van der Waals surface area contributed by atoms with Crippen LogP contribution in [0.15, 0.2) is 54.7 Å². The van der Waals surface area contributed by atoms with E-state index in [1.54, 1.807) is 18.3 Å². The van der Waals surface area contributed by atoms with E-state index in [0.29, 0.717) is 11.3 Å². The molecule has 1 atom stereocenters. The lowest BCUT2D eigenvalue weighted by molar-refractivity contribution is 0.0222. The zero-order valence-electron chi connectivity index (χ0n) is 16.0. The van der Waals surface area contributed by atoms with Crippen molar-refractivity contribution in [2.45, 2.75) is 18.4 Å². The van der Waals surface area contributed by atoms with E-state index in [9.17, 15) is 23.1 Å². The maximum Gasteiger partial charge on any atom is 0.326 e. The Morgan fingerprint density at radius 1 is 1.29 bits per heavy atom.